The highest BCUT2D eigenvalue weighted by Crippen LogP contribution is 2.36. The Morgan fingerprint density at radius 1 is 0.679 bits per heavy atom. The molecule has 4 N–H and O–H groups in total. The number of rotatable bonds is 3. The summed E-state index contributed by atoms with van der Waals surface area (Å²) in [4.78, 5) is 0. The summed E-state index contributed by atoms with van der Waals surface area (Å²) in [6, 6.07) is 20.7. The lowest BCUT2D eigenvalue weighted by molar-refractivity contribution is -0.109. The summed E-state index contributed by atoms with van der Waals surface area (Å²) < 4.78 is 0. The van der Waals surface area contributed by atoms with Gasteiger partial charge in [0, 0.05) is 5.41 Å². The topological polar surface area (TPSA) is 64.5 Å². The van der Waals surface area contributed by atoms with Gasteiger partial charge in [0.15, 0.2) is 6.29 Å². The second-order valence-corrected chi connectivity index (χ2v) is 8.32. The molecule has 0 atom stereocenters. The third-order valence-electron chi connectivity index (χ3n) is 6.52. The van der Waals surface area contributed by atoms with Gasteiger partial charge in [-0.1, -0.05) is 67.6 Å². The highest BCUT2D eigenvalue weighted by Gasteiger charge is 2.39. The fourth-order valence-electron chi connectivity index (χ4n) is 4.45. The first-order valence-corrected chi connectivity index (χ1v) is 10.5. The first kappa shape index (κ1) is 21.0. The van der Waals surface area contributed by atoms with E-state index in [4.69, 9.17) is 0 Å². The second-order valence-electron chi connectivity index (χ2n) is 8.32. The maximum absolute atomic E-state index is 9.61. The van der Waals surface area contributed by atoms with Gasteiger partial charge in [-0.2, -0.15) is 0 Å². The van der Waals surface area contributed by atoms with Crippen molar-refractivity contribution in [2.24, 2.45) is 0 Å². The van der Waals surface area contributed by atoms with Crippen molar-refractivity contribution >= 4 is 0 Å². The largest absolute Gasteiger partial charge is 0.367 e. The van der Waals surface area contributed by atoms with E-state index in [0.29, 0.717) is 5.41 Å². The van der Waals surface area contributed by atoms with E-state index in [1.807, 2.05) is 30.3 Å². The fraction of sp³-hybridized carbons (Fsp3) is 0.500. The van der Waals surface area contributed by atoms with Crippen LogP contribution in [0, 0.1) is 0 Å². The van der Waals surface area contributed by atoms with Gasteiger partial charge in [0.2, 0.25) is 0 Å². The zero-order valence-corrected chi connectivity index (χ0v) is 16.9. The number of hydrogen-bond donors (Lipinski definition) is 4. The second kappa shape index (κ2) is 9.66. The van der Waals surface area contributed by atoms with Gasteiger partial charge in [-0.25, -0.2) is 0 Å². The van der Waals surface area contributed by atoms with Crippen molar-refractivity contribution in [3.05, 3.63) is 71.8 Å². The predicted molar refractivity (Wildman–Crippen MR) is 114 cm³/mol. The molecule has 2 saturated heterocycles. The minimum absolute atomic E-state index is 0.409. The van der Waals surface area contributed by atoms with E-state index >= 15 is 0 Å². The Balaban J connectivity index is 0.000000162. The molecule has 0 radical (unpaired) electrons. The Hall–Kier alpha value is -1.72. The molecule has 2 fully saturated rings. The Kier molecular flexibility index (Phi) is 7.24. The van der Waals surface area contributed by atoms with Gasteiger partial charge in [0.05, 0.1) is 0 Å². The lowest BCUT2D eigenvalue weighted by atomic mass is 9.72. The van der Waals surface area contributed by atoms with Crippen LogP contribution in [0.5, 0.6) is 0 Å². The quantitative estimate of drug-likeness (QED) is 0.617. The summed E-state index contributed by atoms with van der Waals surface area (Å²) in [6.45, 7) is 6.37. The van der Waals surface area contributed by atoms with Crippen molar-refractivity contribution in [2.45, 2.75) is 49.7 Å². The maximum atomic E-state index is 9.61. The van der Waals surface area contributed by atoms with Crippen LogP contribution < -0.4 is 10.6 Å². The van der Waals surface area contributed by atoms with E-state index in [9.17, 15) is 10.2 Å². The summed E-state index contributed by atoms with van der Waals surface area (Å²) in [5.41, 5.74) is 2.46. The number of nitrogens with one attached hydrogen (secondary N) is 2. The summed E-state index contributed by atoms with van der Waals surface area (Å²) in [7, 11) is 0. The molecule has 2 aromatic rings. The van der Waals surface area contributed by atoms with Crippen LogP contribution in [0.3, 0.4) is 0 Å². The molecule has 0 aromatic heterocycles. The van der Waals surface area contributed by atoms with Crippen molar-refractivity contribution in [2.75, 3.05) is 26.2 Å². The molecule has 0 unspecified atom stereocenters. The van der Waals surface area contributed by atoms with Crippen LogP contribution in [0.2, 0.25) is 0 Å². The number of aliphatic hydroxyl groups is 2. The minimum atomic E-state index is -1.28. The molecular formula is C24H34N2O2. The van der Waals surface area contributed by atoms with Crippen LogP contribution in [0.1, 0.15) is 43.7 Å². The minimum Gasteiger partial charge on any atom is -0.367 e. The van der Waals surface area contributed by atoms with Gasteiger partial charge in [-0.15, -0.1) is 0 Å². The Bertz CT molecular complexity index is 691. The molecule has 4 heteroatoms. The maximum Gasteiger partial charge on any atom is 0.161 e. The zero-order valence-electron chi connectivity index (χ0n) is 16.9. The van der Waals surface area contributed by atoms with E-state index in [0.717, 1.165) is 44.6 Å². The first-order chi connectivity index (χ1) is 13.6. The van der Waals surface area contributed by atoms with Crippen molar-refractivity contribution in [3.8, 4) is 0 Å². The molecule has 28 heavy (non-hydrogen) atoms. The number of hydrogen-bond acceptors (Lipinski definition) is 4. The van der Waals surface area contributed by atoms with Gasteiger partial charge in [-0.05, 0) is 68.4 Å². The van der Waals surface area contributed by atoms with Crippen LogP contribution in [-0.2, 0) is 10.8 Å². The van der Waals surface area contributed by atoms with Crippen LogP contribution in [-0.4, -0.2) is 42.7 Å². The molecule has 4 rings (SSSR count). The number of aliphatic hydroxyl groups excluding tert-OH is 1. The SMILES string of the molecule is CC1(c2ccccc2)CCNCC1.OC(O)C1(c2ccccc2)CCNCC1. The third-order valence-corrected chi connectivity index (χ3v) is 6.52. The van der Waals surface area contributed by atoms with Crippen molar-refractivity contribution < 1.29 is 10.2 Å². The van der Waals surface area contributed by atoms with E-state index in [1.54, 1.807) is 0 Å². The van der Waals surface area contributed by atoms with Gasteiger partial charge in [-0.3, -0.25) is 0 Å². The smallest absolute Gasteiger partial charge is 0.161 e. The molecule has 2 aliphatic heterocycles. The Labute approximate surface area is 169 Å². The van der Waals surface area contributed by atoms with Crippen molar-refractivity contribution in [1.29, 1.82) is 0 Å². The third kappa shape index (κ3) is 4.81. The molecule has 4 nitrogen and oxygen atoms in total. The number of benzene rings is 2. The molecule has 2 aromatic carbocycles. The lowest BCUT2D eigenvalue weighted by Crippen LogP contribution is -2.47. The van der Waals surface area contributed by atoms with E-state index in [-0.39, 0.29) is 0 Å². The molecule has 0 spiro atoms. The van der Waals surface area contributed by atoms with Crippen LogP contribution >= 0.6 is 0 Å². The summed E-state index contributed by atoms with van der Waals surface area (Å²) in [5.74, 6) is 0. The van der Waals surface area contributed by atoms with Crippen molar-refractivity contribution in [1.82, 2.24) is 10.6 Å². The Morgan fingerprint density at radius 2 is 1.11 bits per heavy atom. The standard InChI is InChI=1S/C12H17NO2.C12H17N/c14-11(15)12(6-8-13-9-7-12)10-4-2-1-3-5-10;1-12(7-9-13-10-8-12)11-5-3-2-4-6-11/h1-5,11,13-15H,6-9H2;2-6,13H,7-10H2,1H3. The van der Waals surface area contributed by atoms with Gasteiger partial charge >= 0.3 is 0 Å². The number of piperidine rings is 2. The molecule has 0 saturated carbocycles. The van der Waals surface area contributed by atoms with Crippen LogP contribution in [0.4, 0.5) is 0 Å². The van der Waals surface area contributed by atoms with E-state index < -0.39 is 11.7 Å². The molecule has 152 valence electrons. The predicted octanol–water partition coefficient (Wildman–Crippen LogP) is 2.95. The molecule has 0 bridgehead atoms. The average molecular weight is 383 g/mol. The fourth-order valence-corrected chi connectivity index (χ4v) is 4.45. The van der Waals surface area contributed by atoms with Crippen molar-refractivity contribution in [3.63, 3.8) is 0 Å². The highest BCUT2D eigenvalue weighted by atomic mass is 16.5. The normalized spacial score (nSPS) is 20.9. The molecule has 2 aliphatic rings. The first-order valence-electron chi connectivity index (χ1n) is 10.5. The molecule has 0 amide bonds. The lowest BCUT2D eigenvalue weighted by Gasteiger charge is -2.39. The molecule has 0 aliphatic carbocycles. The monoisotopic (exact) mass is 382 g/mol. The summed E-state index contributed by atoms with van der Waals surface area (Å²) in [6.07, 6.45) is 2.79. The highest BCUT2D eigenvalue weighted by molar-refractivity contribution is 5.27. The van der Waals surface area contributed by atoms with Crippen LogP contribution in [0.25, 0.3) is 0 Å². The summed E-state index contributed by atoms with van der Waals surface area (Å²) in [5, 5.41) is 25.9. The Morgan fingerprint density at radius 3 is 1.57 bits per heavy atom. The van der Waals surface area contributed by atoms with E-state index in [2.05, 4.69) is 47.9 Å². The van der Waals surface area contributed by atoms with Gasteiger partial charge < -0.3 is 20.8 Å². The zero-order chi connectivity index (χ0) is 19.9. The summed E-state index contributed by atoms with van der Waals surface area (Å²) >= 11 is 0. The van der Waals surface area contributed by atoms with Crippen LogP contribution in [0.15, 0.2) is 60.7 Å². The molecule has 2 heterocycles. The molecular weight excluding hydrogens is 348 g/mol. The van der Waals surface area contributed by atoms with Gasteiger partial charge in [0.1, 0.15) is 0 Å². The average Bonchev–Trinajstić information content (AvgIpc) is 2.76. The van der Waals surface area contributed by atoms with Gasteiger partial charge in [0.25, 0.3) is 0 Å². The van der Waals surface area contributed by atoms with E-state index in [1.165, 1.54) is 18.4 Å².